The van der Waals surface area contributed by atoms with Gasteiger partial charge in [-0.3, -0.25) is 0 Å². The summed E-state index contributed by atoms with van der Waals surface area (Å²) >= 11 is 0. The molecule has 2 aromatic rings. The smallest absolute Gasteiger partial charge is 0.222 e. The molecule has 1 aromatic heterocycles. The number of aryl methyl sites for hydroxylation is 2. The van der Waals surface area contributed by atoms with Crippen molar-refractivity contribution in [2.45, 2.75) is 13.8 Å². The number of aromatic nitrogens is 2. The molecule has 0 fully saturated rings. The number of benzene rings is 1. The van der Waals surface area contributed by atoms with Gasteiger partial charge in [-0.1, -0.05) is 0 Å². The van der Waals surface area contributed by atoms with Crippen molar-refractivity contribution in [1.82, 2.24) is 9.97 Å². The number of rotatable bonds is 3. The van der Waals surface area contributed by atoms with E-state index in [0.717, 1.165) is 28.1 Å². The highest BCUT2D eigenvalue weighted by Gasteiger charge is 2.08. The van der Waals surface area contributed by atoms with Gasteiger partial charge in [-0.15, -0.1) is 0 Å². The normalized spacial score (nSPS) is 10.2. The summed E-state index contributed by atoms with van der Waals surface area (Å²) in [5.74, 6) is 1.53. The number of anilines is 1. The van der Waals surface area contributed by atoms with E-state index in [9.17, 15) is 0 Å². The molecular formula is C14H17N3O. The van der Waals surface area contributed by atoms with Gasteiger partial charge in [-0.25, -0.2) is 9.97 Å². The Balaban J connectivity index is 2.53. The summed E-state index contributed by atoms with van der Waals surface area (Å²) in [6.45, 7) is 4.08. The molecule has 0 saturated carbocycles. The molecule has 4 heteroatoms. The van der Waals surface area contributed by atoms with Crippen LogP contribution in [0.3, 0.4) is 0 Å². The van der Waals surface area contributed by atoms with E-state index in [0.29, 0.717) is 5.95 Å². The molecule has 0 unspecified atom stereocenters. The molecule has 0 radical (unpaired) electrons. The zero-order chi connectivity index (χ0) is 13.1. The predicted octanol–water partition coefficient (Wildman–Crippen LogP) is 2.81. The molecule has 0 amide bonds. The average molecular weight is 243 g/mol. The van der Waals surface area contributed by atoms with Crippen LogP contribution in [0.5, 0.6) is 5.75 Å². The summed E-state index contributed by atoms with van der Waals surface area (Å²) in [4.78, 5) is 8.58. The largest absolute Gasteiger partial charge is 0.496 e. The summed E-state index contributed by atoms with van der Waals surface area (Å²) in [6, 6.07) is 6.04. The molecule has 0 aliphatic heterocycles. The highest BCUT2D eigenvalue weighted by molar-refractivity contribution is 5.67. The molecule has 0 spiro atoms. The quantitative estimate of drug-likeness (QED) is 0.900. The minimum Gasteiger partial charge on any atom is -0.496 e. The first-order chi connectivity index (χ1) is 8.65. The Morgan fingerprint density at radius 3 is 2.61 bits per heavy atom. The lowest BCUT2D eigenvalue weighted by atomic mass is 10.0. The zero-order valence-electron chi connectivity index (χ0n) is 11.1. The molecule has 1 heterocycles. The van der Waals surface area contributed by atoms with Gasteiger partial charge >= 0.3 is 0 Å². The Hall–Kier alpha value is -2.10. The molecule has 4 nitrogen and oxygen atoms in total. The maximum Gasteiger partial charge on any atom is 0.222 e. The van der Waals surface area contributed by atoms with Crippen molar-refractivity contribution >= 4 is 5.95 Å². The standard InChI is InChI=1S/C14H17N3O/c1-9-8-13(18-4)10(2)7-11(9)12-5-6-16-14(15-3)17-12/h5-8H,1-4H3,(H,15,16,17). The van der Waals surface area contributed by atoms with Crippen molar-refractivity contribution in [3.8, 4) is 17.0 Å². The van der Waals surface area contributed by atoms with Crippen LogP contribution in [0, 0.1) is 13.8 Å². The van der Waals surface area contributed by atoms with Crippen LogP contribution in [0.1, 0.15) is 11.1 Å². The van der Waals surface area contributed by atoms with Gasteiger partial charge < -0.3 is 10.1 Å². The molecule has 94 valence electrons. The van der Waals surface area contributed by atoms with Crippen molar-refractivity contribution in [2.75, 3.05) is 19.5 Å². The van der Waals surface area contributed by atoms with Gasteiger partial charge in [0.05, 0.1) is 12.8 Å². The van der Waals surface area contributed by atoms with Gasteiger partial charge in [0.2, 0.25) is 5.95 Å². The van der Waals surface area contributed by atoms with E-state index >= 15 is 0 Å². The molecule has 1 aromatic carbocycles. The van der Waals surface area contributed by atoms with E-state index in [1.807, 2.05) is 26.1 Å². The number of methoxy groups -OCH3 is 1. The second-order valence-corrected chi connectivity index (χ2v) is 4.15. The second kappa shape index (κ2) is 5.04. The number of nitrogens with zero attached hydrogens (tertiary/aromatic N) is 2. The number of nitrogens with one attached hydrogen (secondary N) is 1. The van der Waals surface area contributed by atoms with E-state index < -0.39 is 0 Å². The van der Waals surface area contributed by atoms with E-state index in [-0.39, 0.29) is 0 Å². The third-order valence-corrected chi connectivity index (χ3v) is 2.90. The lowest BCUT2D eigenvalue weighted by molar-refractivity contribution is 0.411. The predicted molar refractivity (Wildman–Crippen MR) is 73.0 cm³/mol. The number of hydrogen-bond donors (Lipinski definition) is 1. The highest BCUT2D eigenvalue weighted by atomic mass is 16.5. The van der Waals surface area contributed by atoms with Crippen LogP contribution in [0.2, 0.25) is 0 Å². The van der Waals surface area contributed by atoms with Gasteiger partial charge in [0.15, 0.2) is 0 Å². The molecule has 2 rings (SSSR count). The summed E-state index contributed by atoms with van der Waals surface area (Å²) in [5, 5.41) is 2.95. The number of ether oxygens (including phenoxy) is 1. The molecular weight excluding hydrogens is 226 g/mol. The van der Waals surface area contributed by atoms with E-state index in [1.54, 1.807) is 13.3 Å². The molecule has 0 saturated heterocycles. The molecule has 0 aliphatic rings. The monoisotopic (exact) mass is 243 g/mol. The van der Waals surface area contributed by atoms with Crippen molar-refractivity contribution in [2.24, 2.45) is 0 Å². The van der Waals surface area contributed by atoms with Gasteiger partial charge in [0.1, 0.15) is 5.75 Å². The Kier molecular flexibility index (Phi) is 3.46. The maximum atomic E-state index is 5.32. The minimum atomic E-state index is 0.625. The Morgan fingerprint density at radius 2 is 1.94 bits per heavy atom. The summed E-state index contributed by atoms with van der Waals surface area (Å²) < 4.78 is 5.32. The zero-order valence-corrected chi connectivity index (χ0v) is 11.1. The highest BCUT2D eigenvalue weighted by Crippen LogP contribution is 2.29. The third kappa shape index (κ3) is 2.27. The fourth-order valence-electron chi connectivity index (χ4n) is 1.91. The van der Waals surface area contributed by atoms with Crippen LogP contribution in [0.15, 0.2) is 24.4 Å². The van der Waals surface area contributed by atoms with E-state index in [2.05, 4.69) is 28.3 Å². The molecule has 1 N–H and O–H groups in total. The fourth-order valence-corrected chi connectivity index (χ4v) is 1.91. The lowest BCUT2D eigenvalue weighted by Gasteiger charge is -2.11. The fraction of sp³-hybridized carbons (Fsp3) is 0.286. The van der Waals surface area contributed by atoms with Crippen LogP contribution in [-0.2, 0) is 0 Å². The molecule has 0 aliphatic carbocycles. The summed E-state index contributed by atoms with van der Waals surface area (Å²) in [6.07, 6.45) is 1.76. The van der Waals surface area contributed by atoms with Crippen molar-refractivity contribution in [3.63, 3.8) is 0 Å². The minimum absolute atomic E-state index is 0.625. The summed E-state index contributed by atoms with van der Waals surface area (Å²) in [5.41, 5.74) is 4.26. The van der Waals surface area contributed by atoms with Crippen molar-refractivity contribution in [1.29, 1.82) is 0 Å². The maximum absolute atomic E-state index is 5.32. The van der Waals surface area contributed by atoms with Crippen molar-refractivity contribution in [3.05, 3.63) is 35.5 Å². The first kappa shape index (κ1) is 12.4. The Bertz CT molecular complexity index is 567. The Morgan fingerprint density at radius 1 is 1.17 bits per heavy atom. The topological polar surface area (TPSA) is 47.0 Å². The Labute approximate surface area is 107 Å². The van der Waals surface area contributed by atoms with E-state index in [1.165, 1.54) is 0 Å². The van der Waals surface area contributed by atoms with E-state index in [4.69, 9.17) is 4.74 Å². The lowest BCUT2D eigenvalue weighted by Crippen LogP contribution is -1.98. The van der Waals surface area contributed by atoms with Crippen LogP contribution in [-0.4, -0.2) is 24.1 Å². The second-order valence-electron chi connectivity index (χ2n) is 4.15. The first-order valence-electron chi connectivity index (χ1n) is 5.82. The van der Waals surface area contributed by atoms with Crippen LogP contribution < -0.4 is 10.1 Å². The van der Waals surface area contributed by atoms with Crippen LogP contribution >= 0.6 is 0 Å². The SMILES string of the molecule is CNc1nccc(-c2cc(C)c(OC)cc2C)n1. The van der Waals surface area contributed by atoms with Crippen LogP contribution in [0.25, 0.3) is 11.3 Å². The molecule has 0 bridgehead atoms. The van der Waals surface area contributed by atoms with Crippen LogP contribution in [0.4, 0.5) is 5.95 Å². The van der Waals surface area contributed by atoms with Gasteiger partial charge in [-0.2, -0.15) is 0 Å². The third-order valence-electron chi connectivity index (χ3n) is 2.90. The van der Waals surface area contributed by atoms with Gasteiger partial charge in [-0.05, 0) is 43.2 Å². The average Bonchev–Trinajstić information content (AvgIpc) is 2.41. The molecule has 18 heavy (non-hydrogen) atoms. The first-order valence-corrected chi connectivity index (χ1v) is 5.82. The summed E-state index contributed by atoms with van der Waals surface area (Å²) in [7, 11) is 3.50. The molecule has 0 atom stereocenters. The van der Waals surface area contributed by atoms with Crippen molar-refractivity contribution < 1.29 is 4.74 Å². The van der Waals surface area contributed by atoms with Gasteiger partial charge in [0.25, 0.3) is 0 Å². The van der Waals surface area contributed by atoms with Gasteiger partial charge in [0, 0.05) is 18.8 Å². The number of hydrogen-bond acceptors (Lipinski definition) is 4.